The molecule has 0 aliphatic heterocycles. The molecule has 0 aliphatic carbocycles. The molecule has 0 saturated heterocycles. The van der Waals surface area contributed by atoms with E-state index in [2.05, 4.69) is 25.3 Å². The van der Waals surface area contributed by atoms with E-state index in [9.17, 15) is 4.79 Å². The van der Waals surface area contributed by atoms with E-state index in [1.165, 1.54) is 6.92 Å². The van der Waals surface area contributed by atoms with Crippen molar-refractivity contribution in [1.82, 2.24) is 19.9 Å². The second-order valence-electron chi connectivity index (χ2n) is 5.76. The third-order valence-electron chi connectivity index (χ3n) is 3.95. The van der Waals surface area contributed by atoms with Crippen LogP contribution in [0.5, 0.6) is 5.75 Å². The fraction of sp³-hybridized carbons (Fsp3) is 0.278. The predicted molar refractivity (Wildman–Crippen MR) is 95.6 cm³/mol. The van der Waals surface area contributed by atoms with Crippen LogP contribution in [-0.4, -0.2) is 32.8 Å². The number of para-hydroxylation sites is 1. The van der Waals surface area contributed by atoms with E-state index in [4.69, 9.17) is 4.74 Å². The molecule has 0 aliphatic rings. The summed E-state index contributed by atoms with van der Waals surface area (Å²) in [6, 6.07) is 5.70. The van der Waals surface area contributed by atoms with Gasteiger partial charge in [0.25, 0.3) is 0 Å². The van der Waals surface area contributed by atoms with Crippen LogP contribution in [0.2, 0.25) is 0 Å². The number of aromatic nitrogens is 4. The van der Waals surface area contributed by atoms with Crippen molar-refractivity contribution in [2.75, 3.05) is 12.4 Å². The third kappa shape index (κ3) is 3.13. The highest BCUT2D eigenvalue weighted by atomic mass is 16.5. The van der Waals surface area contributed by atoms with Crippen LogP contribution < -0.4 is 10.1 Å². The number of hydrogen-bond donors (Lipinski definition) is 1. The number of rotatable bonds is 4. The molecule has 0 amide bonds. The van der Waals surface area contributed by atoms with Gasteiger partial charge in [0, 0.05) is 5.39 Å². The summed E-state index contributed by atoms with van der Waals surface area (Å²) in [5.41, 5.74) is 3.33. The van der Waals surface area contributed by atoms with Crippen molar-refractivity contribution >= 4 is 28.6 Å². The maximum atomic E-state index is 11.7. The van der Waals surface area contributed by atoms with Crippen LogP contribution >= 0.6 is 0 Å². The van der Waals surface area contributed by atoms with Crippen molar-refractivity contribution in [3.63, 3.8) is 0 Å². The molecule has 7 nitrogen and oxygen atoms in total. The molecule has 3 aromatic rings. The van der Waals surface area contributed by atoms with Crippen LogP contribution in [0.3, 0.4) is 0 Å². The Bertz CT molecular complexity index is 962. The lowest BCUT2D eigenvalue weighted by Gasteiger charge is -2.11. The van der Waals surface area contributed by atoms with Crippen molar-refractivity contribution in [3.05, 3.63) is 40.8 Å². The van der Waals surface area contributed by atoms with Gasteiger partial charge in [-0.1, -0.05) is 12.1 Å². The summed E-state index contributed by atoms with van der Waals surface area (Å²) < 4.78 is 5.38. The maximum Gasteiger partial charge on any atom is 0.230 e. The van der Waals surface area contributed by atoms with E-state index in [0.717, 1.165) is 11.1 Å². The van der Waals surface area contributed by atoms with Gasteiger partial charge in [0.05, 0.1) is 29.8 Å². The first kappa shape index (κ1) is 16.8. The number of benzene rings is 1. The summed E-state index contributed by atoms with van der Waals surface area (Å²) in [5, 5.41) is 3.95. The van der Waals surface area contributed by atoms with Crippen LogP contribution in [0.15, 0.2) is 18.2 Å². The lowest BCUT2D eigenvalue weighted by molar-refractivity contribution is 0.101. The number of ether oxygens (including phenoxy) is 1. The molecular weight excluding hydrogens is 318 g/mol. The smallest absolute Gasteiger partial charge is 0.230 e. The monoisotopic (exact) mass is 337 g/mol. The standard InChI is InChI=1S/C18H19N5O2/c1-9-13-7-6-8-14(25-5)16(13)22-18(19-9)23-17-20-10(2)15(12(4)24)11(3)21-17/h6-8H,1-5H3,(H,19,20,21,22,23). The zero-order chi connectivity index (χ0) is 18.1. The average molecular weight is 337 g/mol. The summed E-state index contributed by atoms with van der Waals surface area (Å²) in [5.74, 6) is 1.35. The molecule has 0 saturated carbocycles. The largest absolute Gasteiger partial charge is 0.494 e. The Morgan fingerprint density at radius 3 is 2.16 bits per heavy atom. The van der Waals surface area contributed by atoms with E-state index in [1.54, 1.807) is 21.0 Å². The van der Waals surface area contributed by atoms with Gasteiger partial charge in [-0.15, -0.1) is 0 Å². The molecule has 128 valence electrons. The first-order chi connectivity index (χ1) is 11.9. The molecule has 1 aromatic carbocycles. The molecule has 0 spiro atoms. The molecule has 0 bridgehead atoms. The summed E-state index contributed by atoms with van der Waals surface area (Å²) in [6.07, 6.45) is 0. The topological polar surface area (TPSA) is 89.9 Å². The van der Waals surface area contributed by atoms with E-state index in [-0.39, 0.29) is 5.78 Å². The van der Waals surface area contributed by atoms with Gasteiger partial charge in [0.1, 0.15) is 11.3 Å². The van der Waals surface area contributed by atoms with Gasteiger partial charge in [0.2, 0.25) is 11.9 Å². The van der Waals surface area contributed by atoms with E-state index < -0.39 is 0 Å². The highest BCUT2D eigenvalue weighted by Gasteiger charge is 2.14. The Labute approximate surface area is 145 Å². The van der Waals surface area contributed by atoms with Gasteiger partial charge in [0.15, 0.2) is 5.78 Å². The fourth-order valence-corrected chi connectivity index (χ4v) is 2.88. The number of nitrogens with one attached hydrogen (secondary N) is 1. The Morgan fingerprint density at radius 2 is 1.56 bits per heavy atom. The van der Waals surface area contributed by atoms with E-state index in [1.807, 2.05) is 25.1 Å². The van der Waals surface area contributed by atoms with Crippen LogP contribution in [-0.2, 0) is 0 Å². The van der Waals surface area contributed by atoms with Crippen LogP contribution in [0, 0.1) is 20.8 Å². The Morgan fingerprint density at radius 1 is 0.960 bits per heavy atom. The van der Waals surface area contributed by atoms with Crippen molar-refractivity contribution in [3.8, 4) is 5.75 Å². The summed E-state index contributed by atoms with van der Waals surface area (Å²) in [4.78, 5) is 29.4. The quantitative estimate of drug-likeness (QED) is 0.730. The number of ketones is 1. The number of methoxy groups -OCH3 is 1. The Hall–Kier alpha value is -3.09. The molecule has 0 atom stereocenters. The SMILES string of the molecule is COc1cccc2c(C)nc(Nc3nc(C)c(C(C)=O)c(C)n3)nc12. The third-order valence-corrected chi connectivity index (χ3v) is 3.95. The van der Waals surface area contributed by atoms with Gasteiger partial charge in [-0.3, -0.25) is 10.1 Å². The van der Waals surface area contributed by atoms with E-state index >= 15 is 0 Å². The average Bonchev–Trinajstić information content (AvgIpc) is 2.53. The van der Waals surface area contributed by atoms with Crippen molar-refractivity contribution in [2.45, 2.75) is 27.7 Å². The van der Waals surface area contributed by atoms with Gasteiger partial charge in [-0.05, 0) is 33.8 Å². The summed E-state index contributed by atoms with van der Waals surface area (Å²) in [6.45, 7) is 6.98. The molecular formula is C18H19N5O2. The van der Waals surface area contributed by atoms with Crippen molar-refractivity contribution < 1.29 is 9.53 Å². The number of carbonyl (C=O) groups is 1. The first-order valence-corrected chi connectivity index (χ1v) is 7.85. The molecule has 1 N–H and O–H groups in total. The first-order valence-electron chi connectivity index (χ1n) is 7.85. The second kappa shape index (κ2) is 6.43. The highest BCUT2D eigenvalue weighted by molar-refractivity contribution is 5.96. The van der Waals surface area contributed by atoms with Crippen LogP contribution in [0.4, 0.5) is 11.9 Å². The number of aryl methyl sites for hydroxylation is 3. The van der Waals surface area contributed by atoms with Crippen LogP contribution in [0.25, 0.3) is 10.9 Å². The molecule has 2 heterocycles. The fourth-order valence-electron chi connectivity index (χ4n) is 2.88. The van der Waals surface area contributed by atoms with Crippen LogP contribution in [0.1, 0.15) is 34.4 Å². The predicted octanol–water partition coefficient (Wildman–Crippen LogP) is 3.30. The number of carbonyl (C=O) groups excluding carboxylic acids is 1. The molecule has 0 unspecified atom stereocenters. The summed E-state index contributed by atoms with van der Waals surface area (Å²) >= 11 is 0. The number of nitrogens with zero attached hydrogens (tertiary/aromatic N) is 4. The lowest BCUT2D eigenvalue weighted by atomic mass is 10.1. The maximum absolute atomic E-state index is 11.7. The Kier molecular flexibility index (Phi) is 4.31. The molecule has 3 rings (SSSR count). The van der Waals surface area contributed by atoms with Gasteiger partial charge in [-0.25, -0.2) is 19.9 Å². The molecule has 2 aromatic heterocycles. The molecule has 25 heavy (non-hydrogen) atoms. The second-order valence-corrected chi connectivity index (χ2v) is 5.76. The van der Waals surface area contributed by atoms with Crippen molar-refractivity contribution in [2.24, 2.45) is 0 Å². The Balaban J connectivity index is 2.05. The van der Waals surface area contributed by atoms with Gasteiger partial charge < -0.3 is 4.74 Å². The van der Waals surface area contributed by atoms with Gasteiger partial charge >= 0.3 is 0 Å². The van der Waals surface area contributed by atoms with E-state index in [0.29, 0.717) is 40.1 Å². The zero-order valence-electron chi connectivity index (χ0n) is 14.8. The lowest BCUT2D eigenvalue weighted by Crippen LogP contribution is -2.09. The highest BCUT2D eigenvalue weighted by Crippen LogP contribution is 2.27. The minimum Gasteiger partial charge on any atom is -0.494 e. The molecule has 7 heteroatoms. The summed E-state index contributed by atoms with van der Waals surface area (Å²) in [7, 11) is 1.61. The number of anilines is 2. The zero-order valence-corrected chi connectivity index (χ0v) is 14.8. The number of Topliss-reactive ketones (excluding diaryl/α,β-unsaturated/α-hetero) is 1. The van der Waals surface area contributed by atoms with Crippen molar-refractivity contribution in [1.29, 1.82) is 0 Å². The van der Waals surface area contributed by atoms with Gasteiger partial charge in [-0.2, -0.15) is 0 Å². The minimum atomic E-state index is -0.0518. The molecule has 0 fully saturated rings. The molecule has 0 radical (unpaired) electrons. The normalized spacial score (nSPS) is 10.8. The number of hydrogen-bond acceptors (Lipinski definition) is 7. The minimum absolute atomic E-state index is 0.0518. The number of fused-ring (bicyclic) bond motifs is 1.